The summed E-state index contributed by atoms with van der Waals surface area (Å²) in [6, 6.07) is 11.3. The molecule has 1 atom stereocenters. The first-order valence-corrected chi connectivity index (χ1v) is 7.87. The largest absolute Gasteiger partial charge is 0.320 e. The SMILES string of the molecule is C[C@H](N)C(=O)Nc1cc(C2CCCC2)nn1-c1ccccc1. The van der Waals surface area contributed by atoms with Gasteiger partial charge in [-0.05, 0) is 31.9 Å². The fraction of sp³-hybridized carbons (Fsp3) is 0.412. The molecule has 0 bridgehead atoms. The van der Waals surface area contributed by atoms with Crippen molar-refractivity contribution < 1.29 is 4.79 Å². The topological polar surface area (TPSA) is 72.9 Å². The molecular weight excluding hydrogens is 276 g/mol. The van der Waals surface area contributed by atoms with E-state index in [0.717, 1.165) is 11.4 Å². The smallest absolute Gasteiger partial charge is 0.242 e. The van der Waals surface area contributed by atoms with Crippen LogP contribution >= 0.6 is 0 Å². The minimum atomic E-state index is -0.547. The minimum Gasteiger partial charge on any atom is -0.320 e. The molecule has 1 saturated carbocycles. The molecule has 22 heavy (non-hydrogen) atoms. The van der Waals surface area contributed by atoms with Crippen LogP contribution < -0.4 is 11.1 Å². The number of anilines is 1. The second kappa shape index (κ2) is 6.32. The summed E-state index contributed by atoms with van der Waals surface area (Å²) in [6.45, 7) is 1.68. The first kappa shape index (κ1) is 14.8. The summed E-state index contributed by atoms with van der Waals surface area (Å²) in [4.78, 5) is 11.9. The van der Waals surface area contributed by atoms with Crippen LogP contribution in [0.2, 0.25) is 0 Å². The number of carbonyl (C=O) groups excluding carboxylic acids is 1. The van der Waals surface area contributed by atoms with Crippen molar-refractivity contribution in [3.05, 3.63) is 42.1 Å². The lowest BCUT2D eigenvalue weighted by molar-refractivity contribution is -0.117. The number of hydrogen-bond donors (Lipinski definition) is 2. The standard InChI is InChI=1S/C17H22N4O/c1-12(18)17(22)19-16-11-15(13-7-5-6-8-13)20-21(16)14-9-3-2-4-10-14/h2-4,9-13H,5-8,18H2,1H3,(H,19,22)/t12-/m0/s1. The summed E-state index contributed by atoms with van der Waals surface area (Å²) in [5.74, 6) is 0.987. The van der Waals surface area contributed by atoms with Gasteiger partial charge in [0.1, 0.15) is 5.82 Å². The van der Waals surface area contributed by atoms with Gasteiger partial charge >= 0.3 is 0 Å². The second-order valence-electron chi connectivity index (χ2n) is 5.96. The molecule has 116 valence electrons. The molecule has 1 aromatic carbocycles. The highest BCUT2D eigenvalue weighted by Crippen LogP contribution is 2.35. The molecule has 2 aromatic rings. The molecule has 5 heteroatoms. The lowest BCUT2D eigenvalue weighted by Crippen LogP contribution is -2.33. The zero-order valence-corrected chi connectivity index (χ0v) is 12.8. The third-order valence-corrected chi connectivity index (χ3v) is 4.17. The Balaban J connectivity index is 1.96. The Morgan fingerprint density at radius 2 is 2.00 bits per heavy atom. The van der Waals surface area contributed by atoms with E-state index in [0.29, 0.717) is 11.7 Å². The average Bonchev–Trinajstić information content (AvgIpc) is 3.17. The van der Waals surface area contributed by atoms with Crippen LogP contribution in [0, 0.1) is 0 Å². The molecule has 5 nitrogen and oxygen atoms in total. The number of carbonyl (C=O) groups is 1. The van der Waals surface area contributed by atoms with Crippen molar-refractivity contribution in [3.63, 3.8) is 0 Å². The first-order valence-electron chi connectivity index (χ1n) is 7.87. The van der Waals surface area contributed by atoms with Gasteiger partial charge in [-0.1, -0.05) is 31.0 Å². The maximum absolute atomic E-state index is 11.9. The summed E-state index contributed by atoms with van der Waals surface area (Å²) in [7, 11) is 0. The zero-order valence-electron chi connectivity index (χ0n) is 12.8. The Morgan fingerprint density at radius 3 is 2.64 bits per heavy atom. The lowest BCUT2D eigenvalue weighted by Gasteiger charge is -2.10. The Bertz CT molecular complexity index is 642. The van der Waals surface area contributed by atoms with Gasteiger partial charge in [0.05, 0.1) is 17.4 Å². The van der Waals surface area contributed by atoms with Gasteiger partial charge in [0.15, 0.2) is 0 Å². The second-order valence-corrected chi connectivity index (χ2v) is 5.96. The van der Waals surface area contributed by atoms with E-state index in [9.17, 15) is 4.79 Å². The van der Waals surface area contributed by atoms with Crippen LogP contribution in [0.25, 0.3) is 5.69 Å². The molecule has 1 amide bonds. The number of nitrogens with two attached hydrogens (primary N) is 1. The summed E-state index contributed by atoms with van der Waals surface area (Å²) < 4.78 is 1.80. The van der Waals surface area contributed by atoms with Crippen LogP contribution in [-0.2, 0) is 4.79 Å². The van der Waals surface area contributed by atoms with Crippen molar-refractivity contribution in [2.45, 2.75) is 44.6 Å². The van der Waals surface area contributed by atoms with E-state index in [2.05, 4.69) is 5.32 Å². The summed E-state index contributed by atoms with van der Waals surface area (Å²) in [5.41, 5.74) is 7.65. The number of aromatic nitrogens is 2. The van der Waals surface area contributed by atoms with E-state index in [4.69, 9.17) is 10.8 Å². The number of hydrogen-bond acceptors (Lipinski definition) is 3. The van der Waals surface area contributed by atoms with Gasteiger partial charge < -0.3 is 11.1 Å². The fourth-order valence-corrected chi connectivity index (χ4v) is 2.92. The zero-order chi connectivity index (χ0) is 15.5. The van der Waals surface area contributed by atoms with Crippen molar-refractivity contribution in [1.29, 1.82) is 0 Å². The molecule has 0 aliphatic heterocycles. The predicted octanol–water partition coefficient (Wildman–Crippen LogP) is 2.82. The summed E-state index contributed by atoms with van der Waals surface area (Å²) in [5, 5.41) is 7.62. The van der Waals surface area contributed by atoms with Crippen molar-refractivity contribution in [2.75, 3.05) is 5.32 Å². The highest BCUT2D eigenvalue weighted by molar-refractivity contribution is 5.93. The number of nitrogens with zero attached hydrogens (tertiary/aromatic N) is 2. The molecule has 1 fully saturated rings. The Hall–Kier alpha value is -2.14. The van der Waals surface area contributed by atoms with E-state index in [1.807, 2.05) is 36.4 Å². The molecule has 1 aromatic heterocycles. The van der Waals surface area contributed by atoms with E-state index in [1.54, 1.807) is 11.6 Å². The Kier molecular flexibility index (Phi) is 4.24. The monoisotopic (exact) mass is 298 g/mol. The number of amides is 1. The van der Waals surface area contributed by atoms with Crippen molar-refractivity contribution in [1.82, 2.24) is 9.78 Å². The van der Waals surface area contributed by atoms with Crippen LogP contribution in [0.1, 0.15) is 44.2 Å². The third kappa shape index (κ3) is 3.04. The number of para-hydroxylation sites is 1. The van der Waals surface area contributed by atoms with E-state index >= 15 is 0 Å². The van der Waals surface area contributed by atoms with Gasteiger partial charge in [-0.2, -0.15) is 5.10 Å². The van der Waals surface area contributed by atoms with Gasteiger partial charge in [0.2, 0.25) is 5.91 Å². The molecular formula is C17H22N4O. The molecule has 3 rings (SSSR count). The molecule has 0 radical (unpaired) electrons. The maximum Gasteiger partial charge on any atom is 0.242 e. The fourth-order valence-electron chi connectivity index (χ4n) is 2.92. The van der Waals surface area contributed by atoms with Crippen LogP contribution in [-0.4, -0.2) is 21.7 Å². The highest BCUT2D eigenvalue weighted by atomic mass is 16.2. The molecule has 3 N–H and O–H groups in total. The maximum atomic E-state index is 11.9. The van der Waals surface area contributed by atoms with Crippen LogP contribution in [0.4, 0.5) is 5.82 Å². The molecule has 0 spiro atoms. The van der Waals surface area contributed by atoms with Crippen molar-refractivity contribution >= 4 is 11.7 Å². The molecule has 1 aliphatic carbocycles. The average molecular weight is 298 g/mol. The van der Waals surface area contributed by atoms with Crippen LogP contribution in [0.15, 0.2) is 36.4 Å². The summed E-state index contributed by atoms with van der Waals surface area (Å²) >= 11 is 0. The van der Waals surface area contributed by atoms with E-state index < -0.39 is 6.04 Å². The van der Waals surface area contributed by atoms with Gasteiger partial charge in [-0.3, -0.25) is 4.79 Å². The molecule has 0 unspecified atom stereocenters. The number of nitrogens with one attached hydrogen (secondary N) is 1. The van der Waals surface area contributed by atoms with E-state index in [1.165, 1.54) is 25.7 Å². The van der Waals surface area contributed by atoms with Gasteiger partial charge in [-0.15, -0.1) is 0 Å². The Morgan fingerprint density at radius 1 is 1.32 bits per heavy atom. The lowest BCUT2D eigenvalue weighted by atomic mass is 10.0. The van der Waals surface area contributed by atoms with Crippen LogP contribution in [0.3, 0.4) is 0 Å². The van der Waals surface area contributed by atoms with Gasteiger partial charge in [0, 0.05) is 12.0 Å². The van der Waals surface area contributed by atoms with E-state index in [-0.39, 0.29) is 5.91 Å². The third-order valence-electron chi connectivity index (χ3n) is 4.17. The minimum absolute atomic E-state index is 0.199. The molecule has 1 heterocycles. The van der Waals surface area contributed by atoms with Gasteiger partial charge in [0.25, 0.3) is 0 Å². The molecule has 1 aliphatic rings. The van der Waals surface area contributed by atoms with Crippen molar-refractivity contribution in [2.24, 2.45) is 5.73 Å². The summed E-state index contributed by atoms with van der Waals surface area (Å²) in [6.07, 6.45) is 4.85. The first-order chi connectivity index (χ1) is 10.6. The van der Waals surface area contributed by atoms with Crippen molar-refractivity contribution in [3.8, 4) is 5.69 Å². The predicted molar refractivity (Wildman–Crippen MR) is 87.1 cm³/mol. The Labute approximate surface area is 130 Å². The number of rotatable bonds is 4. The van der Waals surface area contributed by atoms with Gasteiger partial charge in [-0.25, -0.2) is 4.68 Å². The quantitative estimate of drug-likeness (QED) is 0.911. The highest BCUT2D eigenvalue weighted by Gasteiger charge is 2.22. The van der Waals surface area contributed by atoms with Crippen LogP contribution in [0.5, 0.6) is 0 Å². The normalized spacial score (nSPS) is 16.6. The molecule has 0 saturated heterocycles. The number of benzene rings is 1.